The van der Waals surface area contributed by atoms with Crippen molar-refractivity contribution in [1.82, 2.24) is 58.3 Å². The fraction of sp³-hybridized carbons (Fsp3) is 0. The summed E-state index contributed by atoms with van der Waals surface area (Å²) in [4.78, 5) is 30.6. The molecule has 0 saturated carbocycles. The second-order valence-corrected chi connectivity index (χ2v) is 31.0. The Morgan fingerprint density at radius 1 is 0.169 bits per heavy atom. The molecule has 124 heavy (non-hydrogen) atoms. The summed E-state index contributed by atoms with van der Waals surface area (Å²) in [5.41, 5.74) is 26.8. The zero-order chi connectivity index (χ0) is 82.0. The van der Waals surface area contributed by atoms with E-state index in [-0.39, 0.29) is 0 Å². The van der Waals surface area contributed by atoms with Gasteiger partial charge in [-0.05, 0) is 94.7 Å². The smallest absolute Gasteiger partial charge is 0.164 e. The number of fused-ring (bicyclic) bond motifs is 12. The summed E-state index contributed by atoms with van der Waals surface area (Å²) in [6.07, 6.45) is 0. The molecule has 0 spiro atoms. The van der Waals surface area contributed by atoms with Gasteiger partial charge in [0, 0.05) is 110 Å². The van der Waals surface area contributed by atoms with Gasteiger partial charge >= 0.3 is 0 Å². The average molecular weight is 1590 g/mol. The van der Waals surface area contributed by atoms with Gasteiger partial charge in [-0.3, -0.25) is 0 Å². The van der Waals surface area contributed by atoms with Gasteiger partial charge < -0.3 is 9.13 Å². The molecule has 0 aliphatic heterocycles. The first-order chi connectivity index (χ1) is 61.5. The number of nitrogens with zero attached hydrogens (tertiary/aromatic N) is 12. The first kappa shape index (κ1) is 72.3. The normalized spacial score (nSPS) is 11.5. The molecule has 0 saturated heterocycles. The summed E-state index contributed by atoms with van der Waals surface area (Å²) in [5.74, 6) is 3.64. The van der Waals surface area contributed by atoms with E-state index < -0.39 is 0 Å². The maximum Gasteiger partial charge on any atom is 0.164 e. The van der Waals surface area contributed by atoms with Crippen LogP contribution in [-0.4, -0.2) is 58.3 Å². The highest BCUT2D eigenvalue weighted by Crippen LogP contribution is 2.45. The van der Waals surface area contributed by atoms with Crippen molar-refractivity contribution in [1.29, 1.82) is 0 Å². The van der Waals surface area contributed by atoms with Crippen molar-refractivity contribution in [2.75, 3.05) is 0 Å². The molecule has 580 valence electrons. The van der Waals surface area contributed by atoms with E-state index in [0.29, 0.717) is 34.9 Å². The van der Waals surface area contributed by atoms with E-state index in [4.69, 9.17) is 40.1 Å². The van der Waals surface area contributed by atoms with Crippen molar-refractivity contribution >= 4 is 76.2 Å². The molecule has 12 heteroatoms. The lowest BCUT2D eigenvalue weighted by molar-refractivity contribution is 0.979. The van der Waals surface area contributed by atoms with Crippen LogP contribution in [0.2, 0.25) is 0 Å². The zero-order valence-corrected chi connectivity index (χ0v) is 66.9. The molecule has 0 N–H and O–H groups in total. The predicted molar refractivity (Wildman–Crippen MR) is 506 cm³/mol. The van der Waals surface area contributed by atoms with Gasteiger partial charge in [0.2, 0.25) is 0 Å². The van der Waals surface area contributed by atoms with Crippen molar-refractivity contribution in [2.24, 2.45) is 0 Å². The van der Waals surface area contributed by atoms with Crippen LogP contribution >= 0.6 is 0 Å². The Hall–Kier alpha value is -17.0. The SMILES string of the molecule is c1ccc(-c2nc(-c3ccc(-c4nn5c(-c6ccccc6)cc6ccccc6c5c4-c4ccccc4)cc3)nc(-c3ccc(-n4c5ccccc5c5ccccc54)cc3)n2)cc1.c1ccc(-c2nc(-c3ccc(-c4nn5c(-c6ccccc6)cc6ccccc6c5c4-c4ccccc4)cc3)nc(-c3cccc(-n4c5ccccc5c5ccccc54)c3)n2)cc1. The summed E-state index contributed by atoms with van der Waals surface area (Å²) < 4.78 is 8.89. The average Bonchev–Trinajstić information content (AvgIpc) is 1.63. The lowest BCUT2D eigenvalue weighted by Gasteiger charge is -2.12. The lowest BCUT2D eigenvalue weighted by atomic mass is 9.96. The van der Waals surface area contributed by atoms with Gasteiger partial charge in [-0.15, -0.1) is 0 Å². The van der Waals surface area contributed by atoms with Crippen LogP contribution < -0.4 is 0 Å². The summed E-state index contributed by atoms with van der Waals surface area (Å²) in [6.45, 7) is 0. The zero-order valence-electron chi connectivity index (χ0n) is 66.9. The summed E-state index contributed by atoms with van der Waals surface area (Å²) in [7, 11) is 0. The molecule has 0 atom stereocenters. The molecule has 0 fully saturated rings. The minimum Gasteiger partial charge on any atom is -0.309 e. The number of benzene rings is 16. The second kappa shape index (κ2) is 30.8. The number of para-hydroxylation sites is 4. The third kappa shape index (κ3) is 12.9. The Labute approximate surface area is 713 Å². The molecule has 0 unspecified atom stereocenters. The molecule has 24 rings (SSSR count). The molecule has 0 amide bonds. The van der Waals surface area contributed by atoms with E-state index >= 15 is 0 Å². The maximum atomic E-state index is 5.44. The molecule has 12 nitrogen and oxygen atoms in total. The Balaban J connectivity index is 0.000000143. The topological polar surface area (TPSA) is 122 Å². The number of aromatic nitrogens is 12. The number of hydrogen-bond acceptors (Lipinski definition) is 8. The van der Waals surface area contributed by atoms with E-state index in [2.05, 4.69) is 394 Å². The summed E-state index contributed by atoms with van der Waals surface area (Å²) >= 11 is 0. The molecule has 24 aromatic rings. The van der Waals surface area contributed by atoms with Gasteiger partial charge in [0.05, 0.1) is 44.5 Å². The van der Waals surface area contributed by atoms with Gasteiger partial charge in [-0.1, -0.05) is 364 Å². The fourth-order valence-electron chi connectivity index (χ4n) is 17.8. The number of hydrogen-bond donors (Lipinski definition) is 0. The van der Waals surface area contributed by atoms with Gasteiger partial charge in [0.25, 0.3) is 0 Å². The molecule has 0 aliphatic rings. The van der Waals surface area contributed by atoms with Crippen LogP contribution in [-0.2, 0) is 0 Å². The Morgan fingerprint density at radius 3 is 0.782 bits per heavy atom. The van der Waals surface area contributed by atoms with Crippen LogP contribution in [0.1, 0.15) is 0 Å². The van der Waals surface area contributed by atoms with Gasteiger partial charge in [0.1, 0.15) is 11.4 Å². The van der Waals surface area contributed by atoms with E-state index in [0.717, 1.165) is 145 Å². The monoisotopic (exact) mass is 1580 g/mol. The summed E-state index contributed by atoms with van der Waals surface area (Å²) in [5, 5.41) is 20.4. The van der Waals surface area contributed by atoms with Crippen LogP contribution in [0.15, 0.2) is 437 Å². The van der Waals surface area contributed by atoms with Crippen molar-refractivity contribution in [3.63, 3.8) is 0 Å². The van der Waals surface area contributed by atoms with Crippen molar-refractivity contribution in [3.8, 4) is 147 Å². The number of pyridine rings is 2. The van der Waals surface area contributed by atoms with E-state index in [1.165, 1.54) is 43.4 Å². The van der Waals surface area contributed by atoms with Crippen LogP contribution in [0.5, 0.6) is 0 Å². The molecular weight excluding hydrogens is 1510 g/mol. The third-order valence-corrected chi connectivity index (χ3v) is 23.6. The van der Waals surface area contributed by atoms with Gasteiger partial charge in [-0.25, -0.2) is 38.9 Å². The second-order valence-electron chi connectivity index (χ2n) is 31.0. The summed E-state index contributed by atoms with van der Waals surface area (Å²) in [6, 6.07) is 152. The minimum absolute atomic E-state index is 0.596. The minimum atomic E-state index is 0.596. The third-order valence-electron chi connectivity index (χ3n) is 23.6. The van der Waals surface area contributed by atoms with Gasteiger partial charge in [0.15, 0.2) is 34.9 Å². The Kier molecular flexibility index (Phi) is 17.9. The highest BCUT2D eigenvalue weighted by molar-refractivity contribution is 6.13. The van der Waals surface area contributed by atoms with E-state index in [1.807, 2.05) is 60.7 Å². The number of rotatable bonds is 14. The first-order valence-electron chi connectivity index (χ1n) is 41.6. The molecule has 8 aromatic heterocycles. The highest BCUT2D eigenvalue weighted by Gasteiger charge is 2.26. The largest absolute Gasteiger partial charge is 0.309 e. The molecular formula is C112H72N12. The molecule has 0 radical (unpaired) electrons. The predicted octanol–water partition coefficient (Wildman–Crippen LogP) is 27.5. The fourth-order valence-corrected chi connectivity index (χ4v) is 17.8. The standard InChI is InChI=1S/2C56H36N6/c1-4-17-37(18-5-1)50-36-42-23-10-11-26-45(42)53-51(38-19-6-2-7-20-38)52(60-62(50)53)39-31-33-41(34-32-39)55-57-54(40-21-8-3-9-22-40)58-56(59-55)43-24-16-25-44(35-43)61-48-29-14-12-27-46(48)47-28-13-15-30-49(47)61;1-4-16-37(17-5-1)50-36-43-22-10-11-23-45(43)53-51(38-18-6-2-7-19-38)52(60-62(50)53)39-28-30-41(31-29-39)55-57-54(40-20-8-3-9-21-40)58-56(59-55)42-32-34-44(35-33-42)61-48-26-14-12-24-46(48)47-25-13-15-27-49(47)61/h2*1-36H. The highest BCUT2D eigenvalue weighted by atomic mass is 15.2. The van der Waals surface area contributed by atoms with Crippen molar-refractivity contribution in [2.45, 2.75) is 0 Å². The van der Waals surface area contributed by atoms with Crippen LogP contribution in [0.25, 0.3) is 223 Å². The van der Waals surface area contributed by atoms with E-state index in [1.54, 1.807) is 0 Å². The van der Waals surface area contributed by atoms with Crippen molar-refractivity contribution in [3.05, 3.63) is 437 Å². The molecule has 16 aromatic carbocycles. The first-order valence-corrected chi connectivity index (χ1v) is 41.6. The molecule has 0 bridgehead atoms. The van der Waals surface area contributed by atoms with Crippen molar-refractivity contribution < 1.29 is 0 Å². The quantitative estimate of drug-likeness (QED) is 0.106. The van der Waals surface area contributed by atoms with E-state index in [9.17, 15) is 0 Å². The van der Waals surface area contributed by atoms with Crippen LogP contribution in [0.3, 0.4) is 0 Å². The Bertz CT molecular complexity index is 8070. The molecule has 8 heterocycles. The van der Waals surface area contributed by atoms with Crippen LogP contribution in [0.4, 0.5) is 0 Å². The van der Waals surface area contributed by atoms with Gasteiger partial charge in [-0.2, -0.15) is 10.2 Å². The van der Waals surface area contributed by atoms with Crippen LogP contribution in [0, 0.1) is 0 Å². The Morgan fingerprint density at radius 2 is 0.427 bits per heavy atom. The lowest BCUT2D eigenvalue weighted by Crippen LogP contribution is -2.01. The molecule has 0 aliphatic carbocycles. The maximum absolute atomic E-state index is 5.44.